The Morgan fingerprint density at radius 2 is 1.68 bits per heavy atom. The molecular weight excluding hydrogens is 316 g/mol. The number of carbonyl (C=O) groups excluding carboxylic acids is 1. The summed E-state index contributed by atoms with van der Waals surface area (Å²) in [7, 11) is 6.31. The summed E-state index contributed by atoms with van der Waals surface area (Å²) in [6.07, 6.45) is 5.88. The SMILES string of the molecule is CN(C)CCCOC(=O)CN1C2CCC1CC(N1CCN(C)CC1)C2. The van der Waals surface area contributed by atoms with E-state index in [1.165, 1.54) is 51.9 Å². The second-order valence-electron chi connectivity index (χ2n) is 8.40. The van der Waals surface area contributed by atoms with Crippen molar-refractivity contribution in [3.8, 4) is 0 Å². The summed E-state index contributed by atoms with van der Waals surface area (Å²) in [6.45, 7) is 6.79. The topological polar surface area (TPSA) is 39.3 Å². The fourth-order valence-electron chi connectivity index (χ4n) is 4.75. The molecule has 3 aliphatic rings. The number of likely N-dealkylation sites (N-methyl/N-ethyl adjacent to an activating group) is 1. The first-order valence-electron chi connectivity index (χ1n) is 10.0. The molecule has 0 aliphatic carbocycles. The Kier molecular flexibility index (Phi) is 6.72. The Hall–Kier alpha value is -0.690. The van der Waals surface area contributed by atoms with Crippen LogP contribution in [0, 0.1) is 0 Å². The molecular formula is C19H36N4O2. The Labute approximate surface area is 153 Å². The standard InChI is InChI=1S/C19H36N4O2/c1-20(2)7-4-12-25-19(24)15-23-16-5-6-17(23)14-18(13-16)22-10-8-21(3)9-11-22/h16-18H,4-15H2,1-3H3. The zero-order chi connectivity index (χ0) is 17.8. The molecule has 2 bridgehead atoms. The van der Waals surface area contributed by atoms with Crippen molar-refractivity contribution in [1.29, 1.82) is 0 Å². The monoisotopic (exact) mass is 352 g/mol. The van der Waals surface area contributed by atoms with Crippen LogP contribution in [0.4, 0.5) is 0 Å². The second-order valence-corrected chi connectivity index (χ2v) is 8.40. The van der Waals surface area contributed by atoms with Crippen LogP contribution in [0.2, 0.25) is 0 Å². The first-order valence-corrected chi connectivity index (χ1v) is 10.0. The fourth-order valence-corrected chi connectivity index (χ4v) is 4.75. The summed E-state index contributed by atoms with van der Waals surface area (Å²) < 4.78 is 5.45. The normalized spacial score (nSPS) is 31.6. The number of piperidine rings is 1. The zero-order valence-corrected chi connectivity index (χ0v) is 16.3. The van der Waals surface area contributed by atoms with E-state index < -0.39 is 0 Å². The van der Waals surface area contributed by atoms with Gasteiger partial charge in [0.25, 0.3) is 0 Å². The minimum absolute atomic E-state index is 0.0336. The third kappa shape index (κ3) is 5.16. The highest BCUT2D eigenvalue weighted by Gasteiger charge is 2.43. The molecule has 3 heterocycles. The third-order valence-electron chi connectivity index (χ3n) is 6.24. The molecule has 0 saturated carbocycles. The van der Waals surface area contributed by atoms with E-state index in [-0.39, 0.29) is 5.97 Å². The number of ether oxygens (including phenoxy) is 1. The predicted molar refractivity (Wildman–Crippen MR) is 99.7 cm³/mol. The Morgan fingerprint density at radius 1 is 1.04 bits per heavy atom. The van der Waals surface area contributed by atoms with Crippen LogP contribution in [0.5, 0.6) is 0 Å². The highest BCUT2D eigenvalue weighted by Crippen LogP contribution is 2.37. The molecule has 0 radical (unpaired) electrons. The summed E-state index contributed by atoms with van der Waals surface area (Å²) in [5, 5.41) is 0. The van der Waals surface area contributed by atoms with E-state index in [1.54, 1.807) is 0 Å². The summed E-state index contributed by atoms with van der Waals surface area (Å²) in [5.41, 5.74) is 0. The summed E-state index contributed by atoms with van der Waals surface area (Å²) >= 11 is 0. The maximum Gasteiger partial charge on any atom is 0.320 e. The van der Waals surface area contributed by atoms with Crippen molar-refractivity contribution in [1.82, 2.24) is 19.6 Å². The van der Waals surface area contributed by atoms with Crippen molar-refractivity contribution in [3.63, 3.8) is 0 Å². The van der Waals surface area contributed by atoms with Gasteiger partial charge in [-0.3, -0.25) is 14.6 Å². The molecule has 6 nitrogen and oxygen atoms in total. The van der Waals surface area contributed by atoms with Gasteiger partial charge in [0.15, 0.2) is 0 Å². The average Bonchev–Trinajstić information content (AvgIpc) is 2.81. The van der Waals surface area contributed by atoms with Gasteiger partial charge in [-0.2, -0.15) is 0 Å². The molecule has 0 N–H and O–H groups in total. The molecule has 144 valence electrons. The molecule has 0 aromatic rings. The van der Waals surface area contributed by atoms with Gasteiger partial charge in [0.05, 0.1) is 13.2 Å². The molecule has 3 saturated heterocycles. The molecule has 3 fully saturated rings. The van der Waals surface area contributed by atoms with Gasteiger partial charge in [0.1, 0.15) is 0 Å². The summed E-state index contributed by atoms with van der Waals surface area (Å²) in [6, 6.07) is 1.88. The largest absolute Gasteiger partial charge is 0.465 e. The number of hydrogen-bond acceptors (Lipinski definition) is 6. The number of piperazine rings is 1. The van der Waals surface area contributed by atoms with E-state index in [9.17, 15) is 4.79 Å². The number of fused-ring (bicyclic) bond motifs is 2. The molecule has 25 heavy (non-hydrogen) atoms. The van der Waals surface area contributed by atoms with Gasteiger partial charge in [-0.1, -0.05) is 0 Å². The number of esters is 1. The molecule has 0 aromatic carbocycles. The maximum absolute atomic E-state index is 12.2. The molecule has 6 heteroatoms. The number of hydrogen-bond donors (Lipinski definition) is 0. The average molecular weight is 353 g/mol. The van der Waals surface area contributed by atoms with Crippen LogP contribution in [-0.2, 0) is 9.53 Å². The summed E-state index contributed by atoms with van der Waals surface area (Å²) in [4.78, 5) is 21.9. The van der Waals surface area contributed by atoms with E-state index in [0.717, 1.165) is 19.0 Å². The summed E-state index contributed by atoms with van der Waals surface area (Å²) in [5.74, 6) is -0.0336. The van der Waals surface area contributed by atoms with E-state index >= 15 is 0 Å². The van der Waals surface area contributed by atoms with E-state index in [4.69, 9.17) is 4.74 Å². The van der Waals surface area contributed by atoms with Crippen LogP contribution in [-0.4, -0.2) is 111 Å². The third-order valence-corrected chi connectivity index (χ3v) is 6.24. The van der Waals surface area contributed by atoms with Crippen LogP contribution >= 0.6 is 0 Å². The van der Waals surface area contributed by atoms with E-state index in [0.29, 0.717) is 25.2 Å². The van der Waals surface area contributed by atoms with Gasteiger partial charge in [-0.25, -0.2) is 0 Å². The lowest BCUT2D eigenvalue weighted by molar-refractivity contribution is -0.146. The molecule has 2 unspecified atom stereocenters. The van der Waals surface area contributed by atoms with Crippen LogP contribution < -0.4 is 0 Å². The number of nitrogens with zero attached hydrogens (tertiary/aromatic N) is 4. The lowest BCUT2D eigenvalue weighted by Crippen LogP contribution is -2.55. The lowest BCUT2D eigenvalue weighted by Gasteiger charge is -2.45. The van der Waals surface area contributed by atoms with Gasteiger partial charge in [-0.05, 0) is 53.2 Å². The zero-order valence-electron chi connectivity index (χ0n) is 16.3. The van der Waals surface area contributed by atoms with Crippen LogP contribution in [0.15, 0.2) is 0 Å². The van der Waals surface area contributed by atoms with Crippen molar-refractivity contribution in [3.05, 3.63) is 0 Å². The highest BCUT2D eigenvalue weighted by molar-refractivity contribution is 5.71. The second kappa shape index (κ2) is 8.80. The predicted octanol–water partition coefficient (Wildman–Crippen LogP) is 0.724. The lowest BCUT2D eigenvalue weighted by atomic mass is 9.95. The maximum atomic E-state index is 12.2. The molecule has 3 aliphatic heterocycles. The fraction of sp³-hybridized carbons (Fsp3) is 0.947. The first-order chi connectivity index (χ1) is 12.0. The van der Waals surface area contributed by atoms with Gasteiger partial charge in [0.2, 0.25) is 0 Å². The van der Waals surface area contributed by atoms with Gasteiger partial charge < -0.3 is 14.5 Å². The molecule has 0 amide bonds. The Balaban J connectivity index is 1.42. The van der Waals surface area contributed by atoms with E-state index in [2.05, 4.69) is 26.6 Å². The van der Waals surface area contributed by atoms with Crippen molar-refractivity contribution < 1.29 is 9.53 Å². The molecule has 3 rings (SSSR count). The number of carbonyl (C=O) groups is 1. The molecule has 0 aromatic heterocycles. The minimum atomic E-state index is -0.0336. The van der Waals surface area contributed by atoms with Crippen molar-refractivity contribution in [2.75, 3.05) is 67.0 Å². The van der Waals surface area contributed by atoms with Crippen molar-refractivity contribution >= 4 is 5.97 Å². The number of rotatable bonds is 7. The van der Waals surface area contributed by atoms with Crippen LogP contribution in [0.3, 0.4) is 0 Å². The van der Waals surface area contributed by atoms with Gasteiger partial charge in [-0.15, -0.1) is 0 Å². The smallest absolute Gasteiger partial charge is 0.320 e. The van der Waals surface area contributed by atoms with Gasteiger partial charge >= 0.3 is 5.97 Å². The van der Waals surface area contributed by atoms with Crippen LogP contribution in [0.25, 0.3) is 0 Å². The van der Waals surface area contributed by atoms with Crippen molar-refractivity contribution in [2.45, 2.75) is 50.2 Å². The van der Waals surface area contributed by atoms with Crippen molar-refractivity contribution in [2.24, 2.45) is 0 Å². The van der Waals surface area contributed by atoms with Gasteiger partial charge in [0, 0.05) is 50.8 Å². The molecule has 2 atom stereocenters. The quantitative estimate of drug-likeness (QED) is 0.497. The highest BCUT2D eigenvalue weighted by atomic mass is 16.5. The first kappa shape index (κ1) is 19.1. The molecule has 0 spiro atoms. The Bertz CT molecular complexity index is 423. The Morgan fingerprint density at radius 3 is 2.28 bits per heavy atom. The van der Waals surface area contributed by atoms with Crippen LogP contribution in [0.1, 0.15) is 32.1 Å². The van der Waals surface area contributed by atoms with E-state index in [1.807, 2.05) is 14.1 Å². The minimum Gasteiger partial charge on any atom is -0.465 e.